The van der Waals surface area contributed by atoms with Crippen molar-refractivity contribution >= 4 is 23.2 Å². The Morgan fingerprint density at radius 2 is 2.07 bits per heavy atom. The first-order chi connectivity index (χ1) is 6.67. The Morgan fingerprint density at radius 1 is 1.53 bits per heavy atom. The lowest BCUT2D eigenvalue weighted by molar-refractivity contribution is -0.527. The Hall–Kier alpha value is -0.750. The van der Waals surface area contributed by atoms with Gasteiger partial charge in [-0.05, 0) is 11.6 Å². The van der Waals surface area contributed by atoms with Crippen molar-refractivity contribution < 1.29 is 18.1 Å². The average molecular weight is 262 g/mol. The van der Waals surface area contributed by atoms with E-state index in [0.717, 1.165) is 0 Å². The molecule has 0 amide bonds. The minimum absolute atomic E-state index is 0.549. The number of hydrogen-bond donors (Lipinski definition) is 0. The highest BCUT2D eigenvalue weighted by Gasteiger charge is 2.45. The van der Waals surface area contributed by atoms with E-state index >= 15 is 0 Å². The minimum Gasteiger partial charge on any atom is -0.262 e. The zero-order valence-electron chi connectivity index (χ0n) is 7.02. The first kappa shape index (κ1) is 12.3. The number of hydrogen-bond acceptors (Lipinski definition) is 2. The molecule has 15 heavy (non-hydrogen) atoms. The van der Waals surface area contributed by atoms with E-state index < -0.39 is 33.1 Å². The van der Waals surface area contributed by atoms with Crippen LogP contribution in [0.4, 0.5) is 13.2 Å². The number of alkyl halides is 4. The van der Waals surface area contributed by atoms with E-state index in [1.807, 2.05) is 0 Å². The van der Waals surface area contributed by atoms with Gasteiger partial charge in [0.25, 0.3) is 0 Å². The molecule has 0 aliphatic heterocycles. The summed E-state index contributed by atoms with van der Waals surface area (Å²) in [4.78, 5) is 7.47. The molecule has 1 atom stereocenters. The van der Waals surface area contributed by atoms with Crippen molar-refractivity contribution in [2.75, 3.05) is 0 Å². The van der Waals surface area contributed by atoms with Gasteiger partial charge in [-0.3, -0.25) is 10.1 Å². The maximum absolute atomic E-state index is 12.2. The smallest absolute Gasteiger partial charge is 0.262 e. The van der Waals surface area contributed by atoms with Crippen LogP contribution in [0.3, 0.4) is 0 Å². The number of nitrogens with zero attached hydrogens (tertiary/aromatic N) is 1. The van der Waals surface area contributed by atoms with Gasteiger partial charge in [0.15, 0.2) is 0 Å². The van der Waals surface area contributed by atoms with Crippen LogP contribution in [0.5, 0.6) is 0 Å². The van der Waals surface area contributed by atoms with Crippen LogP contribution in [-0.2, 0) is 0 Å². The molecule has 84 valence electrons. The lowest BCUT2D eigenvalue weighted by Gasteiger charge is -2.20. The topological polar surface area (TPSA) is 43.1 Å². The maximum atomic E-state index is 12.2. The average Bonchev–Trinajstić information content (AvgIpc) is 2.00. The van der Waals surface area contributed by atoms with Gasteiger partial charge < -0.3 is 0 Å². The molecule has 0 saturated heterocycles. The van der Waals surface area contributed by atoms with Crippen molar-refractivity contribution in [2.24, 2.45) is 0 Å². The lowest BCUT2D eigenvalue weighted by Crippen LogP contribution is -2.32. The molecular weight excluding hydrogens is 258 g/mol. The van der Waals surface area contributed by atoms with Gasteiger partial charge in [0, 0.05) is 11.0 Å². The molecular formula is C7H4Cl2F3NO2. The SMILES string of the molecule is O=[N+]([O-])C1(Cl)C=C(Cl)C(C(F)(F)F)=CC1. The molecule has 1 aliphatic carbocycles. The van der Waals surface area contributed by atoms with Crippen molar-refractivity contribution in [2.45, 2.75) is 17.6 Å². The summed E-state index contributed by atoms with van der Waals surface area (Å²) in [5.41, 5.74) is -1.10. The Morgan fingerprint density at radius 3 is 2.40 bits per heavy atom. The molecule has 0 bridgehead atoms. The molecule has 0 fully saturated rings. The minimum atomic E-state index is -4.62. The van der Waals surface area contributed by atoms with Crippen LogP contribution in [0.1, 0.15) is 6.42 Å². The molecule has 8 heteroatoms. The van der Waals surface area contributed by atoms with E-state index in [0.29, 0.717) is 12.2 Å². The van der Waals surface area contributed by atoms with Crippen molar-refractivity contribution in [3.63, 3.8) is 0 Å². The van der Waals surface area contributed by atoms with Crippen LogP contribution in [-0.4, -0.2) is 16.1 Å². The van der Waals surface area contributed by atoms with Crippen molar-refractivity contribution in [1.29, 1.82) is 0 Å². The van der Waals surface area contributed by atoms with Crippen LogP contribution in [0.25, 0.3) is 0 Å². The van der Waals surface area contributed by atoms with Crippen LogP contribution in [0.2, 0.25) is 0 Å². The van der Waals surface area contributed by atoms with Gasteiger partial charge in [0.2, 0.25) is 0 Å². The fourth-order valence-electron chi connectivity index (χ4n) is 1.05. The maximum Gasteiger partial charge on any atom is 0.417 e. The van der Waals surface area contributed by atoms with Crippen molar-refractivity contribution in [3.8, 4) is 0 Å². The Balaban J connectivity index is 3.05. The second-order valence-electron chi connectivity index (χ2n) is 2.89. The molecule has 0 spiro atoms. The Kier molecular flexibility index (Phi) is 3.02. The summed E-state index contributed by atoms with van der Waals surface area (Å²) in [6, 6.07) is 0. The number of allylic oxidation sites excluding steroid dienone is 2. The van der Waals surface area contributed by atoms with Crippen molar-refractivity contribution in [3.05, 3.63) is 32.9 Å². The van der Waals surface area contributed by atoms with E-state index in [9.17, 15) is 23.3 Å². The quantitative estimate of drug-likeness (QED) is 0.315. The van der Waals surface area contributed by atoms with E-state index in [1.54, 1.807) is 0 Å². The third kappa shape index (κ3) is 2.43. The van der Waals surface area contributed by atoms with Gasteiger partial charge in [-0.25, -0.2) is 0 Å². The first-order valence-corrected chi connectivity index (χ1v) is 4.42. The fraction of sp³-hybridized carbons (Fsp3) is 0.429. The molecule has 0 N–H and O–H groups in total. The summed E-state index contributed by atoms with van der Waals surface area (Å²) in [6.07, 6.45) is -3.95. The van der Waals surface area contributed by atoms with Crippen molar-refractivity contribution in [1.82, 2.24) is 0 Å². The largest absolute Gasteiger partial charge is 0.417 e. The Bertz CT molecular complexity index is 364. The molecule has 0 aromatic rings. The summed E-state index contributed by atoms with van der Waals surface area (Å²) in [7, 11) is 0. The summed E-state index contributed by atoms with van der Waals surface area (Å²) in [5.74, 6) is 0. The molecule has 1 rings (SSSR count). The van der Waals surface area contributed by atoms with Gasteiger partial charge >= 0.3 is 11.2 Å². The zero-order chi connectivity index (χ0) is 11.9. The summed E-state index contributed by atoms with van der Waals surface area (Å²) in [6.45, 7) is 0. The van der Waals surface area contributed by atoms with Crippen LogP contribution in [0, 0.1) is 10.1 Å². The third-order valence-corrected chi connectivity index (χ3v) is 2.52. The van der Waals surface area contributed by atoms with E-state index in [4.69, 9.17) is 23.2 Å². The second kappa shape index (κ2) is 3.68. The number of rotatable bonds is 1. The van der Waals surface area contributed by atoms with Gasteiger partial charge in [-0.15, -0.1) is 0 Å². The molecule has 3 nitrogen and oxygen atoms in total. The zero-order valence-corrected chi connectivity index (χ0v) is 8.53. The first-order valence-electron chi connectivity index (χ1n) is 3.66. The summed E-state index contributed by atoms with van der Waals surface area (Å²) >= 11 is 10.7. The highest BCUT2D eigenvalue weighted by atomic mass is 35.5. The standard InChI is InChI=1S/C7H4Cl2F3NO2/c8-5-3-6(9,13(14)15)2-1-4(5)7(10,11)12/h1,3H,2H2. The number of halogens is 5. The normalized spacial score (nSPS) is 27.0. The van der Waals surface area contributed by atoms with E-state index in [-0.39, 0.29) is 0 Å². The van der Waals surface area contributed by atoms with E-state index in [1.165, 1.54) is 0 Å². The highest BCUT2D eigenvalue weighted by Crippen LogP contribution is 2.40. The monoisotopic (exact) mass is 261 g/mol. The van der Waals surface area contributed by atoms with E-state index in [2.05, 4.69) is 0 Å². The Labute approximate surface area is 92.3 Å². The predicted octanol–water partition coefficient (Wildman–Crippen LogP) is 3.21. The molecule has 0 heterocycles. The van der Waals surface area contributed by atoms with Crippen LogP contribution >= 0.6 is 23.2 Å². The lowest BCUT2D eigenvalue weighted by atomic mass is 10.0. The summed E-state index contributed by atoms with van der Waals surface area (Å²) < 4.78 is 36.7. The fourth-order valence-corrected chi connectivity index (χ4v) is 1.66. The molecule has 0 aromatic heterocycles. The van der Waals surface area contributed by atoms with Gasteiger partial charge in [0.1, 0.15) is 0 Å². The van der Waals surface area contributed by atoms with Gasteiger partial charge in [0.05, 0.1) is 17.0 Å². The number of nitro groups is 1. The predicted molar refractivity (Wildman–Crippen MR) is 48.3 cm³/mol. The molecule has 0 aromatic carbocycles. The van der Waals surface area contributed by atoms with Gasteiger partial charge in [-0.1, -0.05) is 17.7 Å². The summed E-state index contributed by atoms with van der Waals surface area (Å²) in [5, 5.41) is 9.69. The van der Waals surface area contributed by atoms with Crippen LogP contribution in [0.15, 0.2) is 22.8 Å². The highest BCUT2D eigenvalue weighted by molar-refractivity contribution is 6.33. The molecule has 0 radical (unpaired) electrons. The second-order valence-corrected chi connectivity index (χ2v) is 3.95. The van der Waals surface area contributed by atoms with Gasteiger partial charge in [-0.2, -0.15) is 13.2 Å². The molecule has 1 unspecified atom stereocenters. The molecule has 1 aliphatic rings. The molecule has 0 saturated carbocycles. The third-order valence-electron chi connectivity index (χ3n) is 1.81. The van der Waals surface area contributed by atoms with Crippen LogP contribution < -0.4 is 0 Å².